The van der Waals surface area contributed by atoms with Gasteiger partial charge in [0.25, 0.3) is 15.9 Å². The fourth-order valence-electron chi connectivity index (χ4n) is 2.80. The van der Waals surface area contributed by atoms with Crippen molar-refractivity contribution in [3.63, 3.8) is 0 Å². The van der Waals surface area contributed by atoms with Crippen molar-refractivity contribution < 1.29 is 17.9 Å². The Morgan fingerprint density at radius 3 is 2.26 bits per heavy atom. The number of sulfonamides is 1. The van der Waals surface area contributed by atoms with E-state index in [2.05, 4.69) is 10.0 Å². The number of benzene rings is 3. The molecule has 6 nitrogen and oxygen atoms in total. The Morgan fingerprint density at radius 2 is 1.65 bits per heavy atom. The van der Waals surface area contributed by atoms with E-state index in [0.29, 0.717) is 28.6 Å². The first-order valence-electron chi connectivity index (χ1n) is 9.70. The Balaban J connectivity index is 1.67. The summed E-state index contributed by atoms with van der Waals surface area (Å²) >= 11 is 6.06. The van der Waals surface area contributed by atoms with Gasteiger partial charge < -0.3 is 10.1 Å². The summed E-state index contributed by atoms with van der Waals surface area (Å²) in [5.74, 6) is 0.294. The Bertz CT molecular complexity index is 1150. The van der Waals surface area contributed by atoms with Crippen LogP contribution >= 0.6 is 11.6 Å². The number of rotatable bonds is 8. The highest BCUT2D eigenvalue weighted by Gasteiger charge is 2.19. The van der Waals surface area contributed by atoms with Crippen molar-refractivity contribution in [2.75, 3.05) is 10.0 Å². The smallest absolute Gasteiger partial charge is 0.265 e. The highest BCUT2D eigenvalue weighted by molar-refractivity contribution is 7.92. The number of hydrogen-bond acceptors (Lipinski definition) is 4. The standard InChI is InChI=1S/C23H23ClN2O4S/c1-3-22(30-19-7-5-4-6-8-19)23(27)25-17-11-13-20(14-12-17)31(28,29)26-18-10-9-16(2)21(24)15-18/h4-15,22,26H,3H2,1-2H3,(H,25,27)/t22-/m0/s1. The lowest BCUT2D eigenvalue weighted by Crippen LogP contribution is -2.32. The number of nitrogens with one attached hydrogen (secondary N) is 2. The molecular formula is C23H23ClN2O4S. The molecule has 0 spiro atoms. The minimum atomic E-state index is -3.80. The Hall–Kier alpha value is -3.03. The molecule has 0 saturated heterocycles. The van der Waals surface area contributed by atoms with Crippen molar-refractivity contribution in [1.82, 2.24) is 0 Å². The Kier molecular flexibility index (Phi) is 7.20. The maximum absolute atomic E-state index is 12.6. The minimum absolute atomic E-state index is 0.0646. The molecule has 31 heavy (non-hydrogen) atoms. The molecule has 0 fully saturated rings. The number of para-hydroxylation sites is 1. The molecule has 0 aromatic heterocycles. The van der Waals surface area contributed by atoms with E-state index in [0.717, 1.165) is 5.56 Å². The minimum Gasteiger partial charge on any atom is -0.481 e. The SMILES string of the molecule is CC[C@H](Oc1ccccc1)C(=O)Nc1ccc(S(=O)(=O)Nc2ccc(C)c(Cl)c2)cc1. The van der Waals surface area contributed by atoms with Crippen LogP contribution in [0.2, 0.25) is 5.02 Å². The van der Waals surface area contributed by atoms with Crippen LogP contribution in [0, 0.1) is 6.92 Å². The zero-order valence-corrected chi connectivity index (χ0v) is 18.7. The first-order chi connectivity index (χ1) is 14.8. The number of hydrogen-bond donors (Lipinski definition) is 2. The summed E-state index contributed by atoms with van der Waals surface area (Å²) in [5, 5.41) is 3.23. The number of amides is 1. The van der Waals surface area contributed by atoms with Crippen LogP contribution in [0.5, 0.6) is 5.75 Å². The number of halogens is 1. The molecule has 0 saturated carbocycles. The zero-order valence-electron chi connectivity index (χ0n) is 17.1. The van der Waals surface area contributed by atoms with E-state index in [1.807, 2.05) is 32.0 Å². The van der Waals surface area contributed by atoms with Gasteiger partial charge >= 0.3 is 0 Å². The van der Waals surface area contributed by atoms with E-state index in [1.165, 1.54) is 24.3 Å². The molecule has 162 valence electrons. The molecule has 3 rings (SSSR count). The van der Waals surface area contributed by atoms with Crippen LogP contribution in [0.25, 0.3) is 0 Å². The largest absolute Gasteiger partial charge is 0.481 e. The van der Waals surface area contributed by atoms with E-state index in [4.69, 9.17) is 16.3 Å². The van der Waals surface area contributed by atoms with Crippen LogP contribution in [0.15, 0.2) is 77.7 Å². The second-order valence-electron chi connectivity index (χ2n) is 6.91. The molecule has 0 radical (unpaired) electrons. The third-order valence-corrected chi connectivity index (χ3v) is 6.35. The van der Waals surface area contributed by atoms with Crippen molar-refractivity contribution in [3.8, 4) is 5.75 Å². The van der Waals surface area contributed by atoms with Gasteiger partial charge in [-0.2, -0.15) is 0 Å². The lowest BCUT2D eigenvalue weighted by Gasteiger charge is -2.17. The fraction of sp³-hybridized carbons (Fsp3) is 0.174. The second kappa shape index (κ2) is 9.85. The summed E-state index contributed by atoms with van der Waals surface area (Å²) in [7, 11) is -3.80. The molecule has 3 aromatic rings. The summed E-state index contributed by atoms with van der Waals surface area (Å²) < 4.78 is 33.5. The topological polar surface area (TPSA) is 84.5 Å². The van der Waals surface area contributed by atoms with E-state index in [-0.39, 0.29) is 10.8 Å². The van der Waals surface area contributed by atoms with E-state index < -0.39 is 16.1 Å². The normalized spacial score (nSPS) is 12.1. The maximum Gasteiger partial charge on any atom is 0.265 e. The van der Waals surface area contributed by atoms with Gasteiger partial charge in [-0.15, -0.1) is 0 Å². The van der Waals surface area contributed by atoms with Crippen LogP contribution in [0.3, 0.4) is 0 Å². The highest BCUT2D eigenvalue weighted by Crippen LogP contribution is 2.23. The van der Waals surface area contributed by atoms with Gasteiger partial charge in [-0.3, -0.25) is 9.52 Å². The van der Waals surface area contributed by atoms with Crippen LogP contribution in [0.4, 0.5) is 11.4 Å². The maximum atomic E-state index is 12.6. The van der Waals surface area contributed by atoms with Crippen LogP contribution in [-0.2, 0) is 14.8 Å². The van der Waals surface area contributed by atoms with Crippen molar-refractivity contribution in [2.45, 2.75) is 31.3 Å². The second-order valence-corrected chi connectivity index (χ2v) is 9.00. The third kappa shape index (κ3) is 5.99. The van der Waals surface area contributed by atoms with Crippen molar-refractivity contribution in [1.29, 1.82) is 0 Å². The molecule has 0 aliphatic carbocycles. The van der Waals surface area contributed by atoms with Crippen molar-refractivity contribution in [3.05, 3.63) is 83.4 Å². The lowest BCUT2D eigenvalue weighted by atomic mass is 10.2. The van der Waals surface area contributed by atoms with Crippen LogP contribution in [0.1, 0.15) is 18.9 Å². The number of carbonyl (C=O) groups excluding carboxylic acids is 1. The molecule has 0 bridgehead atoms. The van der Waals surface area contributed by atoms with Gasteiger partial charge in [-0.05, 0) is 67.4 Å². The number of anilines is 2. The number of aryl methyl sites for hydroxylation is 1. The molecule has 8 heteroatoms. The number of carbonyl (C=O) groups is 1. The summed E-state index contributed by atoms with van der Waals surface area (Å²) in [6.07, 6.45) is -0.185. The van der Waals surface area contributed by atoms with Gasteiger partial charge in [0.2, 0.25) is 0 Å². The summed E-state index contributed by atoms with van der Waals surface area (Å²) in [5.41, 5.74) is 1.70. The van der Waals surface area contributed by atoms with Crippen molar-refractivity contribution in [2.24, 2.45) is 0 Å². The molecule has 2 N–H and O–H groups in total. The van der Waals surface area contributed by atoms with Gasteiger partial charge in [0.15, 0.2) is 6.10 Å². The van der Waals surface area contributed by atoms with Gasteiger partial charge in [-0.1, -0.05) is 42.8 Å². The van der Waals surface area contributed by atoms with E-state index >= 15 is 0 Å². The predicted molar refractivity (Wildman–Crippen MR) is 123 cm³/mol. The van der Waals surface area contributed by atoms with E-state index in [9.17, 15) is 13.2 Å². The molecule has 0 aliphatic rings. The van der Waals surface area contributed by atoms with Gasteiger partial charge in [0, 0.05) is 10.7 Å². The Morgan fingerprint density at radius 1 is 1.00 bits per heavy atom. The van der Waals surface area contributed by atoms with Gasteiger partial charge in [0.05, 0.1) is 10.6 Å². The zero-order chi connectivity index (χ0) is 22.4. The summed E-state index contributed by atoms with van der Waals surface area (Å²) in [6.45, 7) is 3.69. The average Bonchev–Trinajstić information content (AvgIpc) is 2.75. The van der Waals surface area contributed by atoms with Gasteiger partial charge in [0.1, 0.15) is 5.75 Å². The summed E-state index contributed by atoms with van der Waals surface area (Å²) in [4.78, 5) is 12.6. The lowest BCUT2D eigenvalue weighted by molar-refractivity contribution is -0.122. The van der Waals surface area contributed by atoms with E-state index in [1.54, 1.807) is 30.3 Å². The monoisotopic (exact) mass is 458 g/mol. The molecule has 3 aromatic carbocycles. The molecule has 0 unspecified atom stereocenters. The third-order valence-electron chi connectivity index (χ3n) is 4.54. The quantitative estimate of drug-likeness (QED) is 0.483. The molecule has 1 amide bonds. The van der Waals surface area contributed by atoms with Gasteiger partial charge in [-0.25, -0.2) is 8.42 Å². The van der Waals surface area contributed by atoms with Crippen molar-refractivity contribution >= 4 is 38.9 Å². The predicted octanol–water partition coefficient (Wildman–Crippen LogP) is 5.25. The van der Waals surface area contributed by atoms with Crippen LogP contribution in [-0.4, -0.2) is 20.4 Å². The highest BCUT2D eigenvalue weighted by atomic mass is 35.5. The first kappa shape index (κ1) is 22.7. The molecule has 1 atom stereocenters. The Labute approximate surface area is 187 Å². The molecular weight excluding hydrogens is 436 g/mol. The van der Waals surface area contributed by atoms with Crippen LogP contribution < -0.4 is 14.8 Å². The molecule has 0 heterocycles. The fourth-order valence-corrected chi connectivity index (χ4v) is 4.03. The summed E-state index contributed by atoms with van der Waals surface area (Å²) in [6, 6.07) is 19.9. The average molecular weight is 459 g/mol. The first-order valence-corrected chi connectivity index (χ1v) is 11.6. The number of ether oxygens (including phenoxy) is 1. The molecule has 0 aliphatic heterocycles.